The summed E-state index contributed by atoms with van der Waals surface area (Å²) in [5, 5.41) is 2.79. The van der Waals surface area contributed by atoms with E-state index in [4.69, 9.17) is 4.74 Å². The monoisotopic (exact) mass is 644 g/mol. The zero-order valence-corrected chi connectivity index (χ0v) is 26.3. The third-order valence-electron chi connectivity index (χ3n) is 7.40. The van der Waals surface area contributed by atoms with Crippen molar-refractivity contribution in [3.63, 3.8) is 0 Å². The van der Waals surface area contributed by atoms with Crippen molar-refractivity contribution in [3.8, 4) is 16.9 Å². The van der Waals surface area contributed by atoms with Crippen molar-refractivity contribution in [2.24, 2.45) is 0 Å². The summed E-state index contributed by atoms with van der Waals surface area (Å²) in [7, 11) is 3.17. The predicted molar refractivity (Wildman–Crippen MR) is 174 cm³/mol. The van der Waals surface area contributed by atoms with E-state index < -0.39 is 23.6 Å². The topological polar surface area (TPSA) is 92.8 Å². The molecule has 0 saturated carbocycles. The third kappa shape index (κ3) is 9.16. The van der Waals surface area contributed by atoms with Crippen molar-refractivity contribution >= 4 is 29.3 Å². The SMILES string of the molecule is CCCC(=O)c1ccc(OC(=O)CCCc2ccc(NC(=O)c3ccccc3-c3ccc(C(F)(F)F)cc3)c(C(=O)N(C)C)c2)cc1. The highest BCUT2D eigenvalue weighted by atomic mass is 19.4. The van der Waals surface area contributed by atoms with Crippen LogP contribution in [0.2, 0.25) is 0 Å². The van der Waals surface area contributed by atoms with Crippen LogP contribution in [-0.4, -0.2) is 42.6 Å². The van der Waals surface area contributed by atoms with Gasteiger partial charge in [0, 0.05) is 38.1 Å². The van der Waals surface area contributed by atoms with Gasteiger partial charge in [-0.3, -0.25) is 19.2 Å². The van der Waals surface area contributed by atoms with Gasteiger partial charge in [0.25, 0.3) is 11.8 Å². The molecule has 0 aromatic heterocycles. The number of hydrogen-bond acceptors (Lipinski definition) is 5. The number of hydrogen-bond donors (Lipinski definition) is 1. The average Bonchev–Trinajstić information content (AvgIpc) is 3.05. The van der Waals surface area contributed by atoms with Crippen LogP contribution in [0, 0.1) is 0 Å². The second-order valence-electron chi connectivity index (χ2n) is 11.2. The number of ketones is 1. The number of nitrogens with zero attached hydrogens (tertiary/aromatic N) is 1. The number of alkyl halides is 3. The average molecular weight is 645 g/mol. The van der Waals surface area contributed by atoms with Crippen LogP contribution in [0.3, 0.4) is 0 Å². The molecule has 2 amide bonds. The summed E-state index contributed by atoms with van der Waals surface area (Å²) >= 11 is 0. The lowest BCUT2D eigenvalue weighted by Gasteiger charge is -2.17. The van der Waals surface area contributed by atoms with Gasteiger partial charge in [0.2, 0.25) is 0 Å². The molecule has 4 rings (SSSR count). The lowest BCUT2D eigenvalue weighted by Crippen LogP contribution is -2.24. The highest BCUT2D eigenvalue weighted by Crippen LogP contribution is 2.32. The first-order valence-corrected chi connectivity index (χ1v) is 15.1. The van der Waals surface area contributed by atoms with Gasteiger partial charge in [-0.05, 0) is 90.6 Å². The Kier molecular flexibility index (Phi) is 11.3. The molecule has 0 saturated heterocycles. The molecular formula is C37H35F3N2O5. The Labute approximate surface area is 271 Å². The molecule has 0 heterocycles. The number of esters is 1. The number of aryl methyl sites for hydroxylation is 1. The van der Waals surface area contributed by atoms with Crippen LogP contribution in [-0.2, 0) is 17.4 Å². The number of rotatable bonds is 12. The molecule has 4 aromatic rings. The van der Waals surface area contributed by atoms with Crippen molar-refractivity contribution in [2.75, 3.05) is 19.4 Å². The lowest BCUT2D eigenvalue weighted by atomic mass is 9.97. The van der Waals surface area contributed by atoms with E-state index in [-0.39, 0.29) is 34.9 Å². The van der Waals surface area contributed by atoms with Crippen LogP contribution in [0.25, 0.3) is 11.1 Å². The van der Waals surface area contributed by atoms with Crippen LogP contribution in [0.4, 0.5) is 18.9 Å². The Morgan fingerprint density at radius 3 is 2.13 bits per heavy atom. The molecule has 47 heavy (non-hydrogen) atoms. The van der Waals surface area contributed by atoms with Crippen molar-refractivity contribution in [3.05, 3.63) is 119 Å². The second-order valence-corrected chi connectivity index (χ2v) is 11.2. The number of Topliss-reactive ketones (excluding diaryl/α,β-unsaturated/α-hetero) is 1. The molecule has 0 aliphatic heterocycles. The molecule has 0 aliphatic carbocycles. The zero-order valence-electron chi connectivity index (χ0n) is 26.3. The molecule has 0 unspecified atom stereocenters. The first kappa shape index (κ1) is 34.6. The highest BCUT2D eigenvalue weighted by Gasteiger charge is 2.30. The molecular weight excluding hydrogens is 609 g/mol. The number of nitrogens with one attached hydrogen (secondary N) is 1. The fourth-order valence-electron chi connectivity index (χ4n) is 4.93. The maximum absolute atomic E-state index is 13.5. The van der Waals surface area contributed by atoms with Crippen molar-refractivity contribution < 1.29 is 37.1 Å². The van der Waals surface area contributed by atoms with Gasteiger partial charge in [0.1, 0.15) is 5.75 Å². The molecule has 4 aromatic carbocycles. The van der Waals surface area contributed by atoms with Crippen LogP contribution < -0.4 is 10.1 Å². The van der Waals surface area contributed by atoms with E-state index in [1.165, 1.54) is 17.0 Å². The van der Waals surface area contributed by atoms with Gasteiger partial charge in [0.05, 0.1) is 16.8 Å². The number of anilines is 1. The number of carbonyl (C=O) groups is 4. The maximum atomic E-state index is 13.5. The Morgan fingerprint density at radius 1 is 0.809 bits per heavy atom. The summed E-state index contributed by atoms with van der Waals surface area (Å²) in [5.74, 6) is -0.934. The molecule has 1 N–H and O–H groups in total. The van der Waals surface area contributed by atoms with E-state index in [9.17, 15) is 32.3 Å². The molecule has 0 aliphatic rings. The molecule has 0 radical (unpaired) electrons. The normalized spacial score (nSPS) is 11.1. The van der Waals surface area contributed by atoms with Gasteiger partial charge in [0.15, 0.2) is 5.78 Å². The third-order valence-corrected chi connectivity index (χ3v) is 7.40. The summed E-state index contributed by atoms with van der Waals surface area (Å²) in [4.78, 5) is 52.4. The number of carbonyl (C=O) groups excluding carboxylic acids is 4. The second kappa shape index (κ2) is 15.4. The largest absolute Gasteiger partial charge is 0.427 e. The van der Waals surface area contributed by atoms with Crippen molar-refractivity contribution in [1.29, 1.82) is 0 Å². The molecule has 10 heteroatoms. The minimum atomic E-state index is -4.48. The Balaban J connectivity index is 1.44. The molecule has 7 nitrogen and oxygen atoms in total. The smallest absolute Gasteiger partial charge is 0.416 e. The van der Waals surface area contributed by atoms with Crippen LogP contribution in [0.15, 0.2) is 91.0 Å². The van der Waals surface area contributed by atoms with Gasteiger partial charge in [-0.1, -0.05) is 43.3 Å². The Hall–Kier alpha value is -5.25. The summed E-state index contributed by atoms with van der Waals surface area (Å²) in [6.45, 7) is 1.93. The first-order chi connectivity index (χ1) is 22.4. The quantitative estimate of drug-likeness (QED) is 0.0953. The number of benzene rings is 4. The molecule has 0 atom stereocenters. The van der Waals surface area contributed by atoms with Gasteiger partial charge in [-0.25, -0.2) is 0 Å². The molecule has 0 spiro atoms. The van der Waals surface area contributed by atoms with Crippen molar-refractivity contribution in [2.45, 2.75) is 45.2 Å². The lowest BCUT2D eigenvalue weighted by molar-refractivity contribution is -0.137. The molecule has 0 bridgehead atoms. The van der Waals surface area contributed by atoms with E-state index in [2.05, 4.69) is 5.32 Å². The Morgan fingerprint density at radius 2 is 1.49 bits per heavy atom. The van der Waals surface area contributed by atoms with E-state index in [1.807, 2.05) is 6.92 Å². The summed E-state index contributed by atoms with van der Waals surface area (Å²) in [6, 6.07) is 22.6. The predicted octanol–water partition coefficient (Wildman–Crippen LogP) is 8.24. The van der Waals surface area contributed by atoms with Gasteiger partial charge < -0.3 is 15.0 Å². The summed E-state index contributed by atoms with van der Waals surface area (Å²) in [6.07, 6.45) is -2.27. The minimum Gasteiger partial charge on any atom is -0.427 e. The van der Waals surface area contributed by atoms with E-state index in [0.717, 1.165) is 24.1 Å². The zero-order chi connectivity index (χ0) is 34.1. The van der Waals surface area contributed by atoms with Gasteiger partial charge in [-0.2, -0.15) is 13.2 Å². The van der Waals surface area contributed by atoms with E-state index >= 15 is 0 Å². The van der Waals surface area contributed by atoms with Gasteiger partial charge in [-0.15, -0.1) is 0 Å². The highest BCUT2D eigenvalue weighted by molar-refractivity contribution is 6.11. The van der Waals surface area contributed by atoms with Gasteiger partial charge >= 0.3 is 12.1 Å². The van der Waals surface area contributed by atoms with Crippen molar-refractivity contribution in [1.82, 2.24) is 4.90 Å². The fraction of sp³-hybridized carbons (Fsp3) is 0.243. The number of halogens is 3. The van der Waals surface area contributed by atoms with Crippen LogP contribution >= 0.6 is 0 Å². The fourth-order valence-corrected chi connectivity index (χ4v) is 4.93. The summed E-state index contributed by atoms with van der Waals surface area (Å²) in [5.41, 5.74) is 2.14. The number of amides is 2. The molecule has 0 fully saturated rings. The molecule has 244 valence electrons. The van der Waals surface area contributed by atoms with Crippen LogP contribution in [0.5, 0.6) is 5.75 Å². The van der Waals surface area contributed by atoms with Crippen LogP contribution in [0.1, 0.15) is 74.8 Å². The first-order valence-electron chi connectivity index (χ1n) is 15.1. The standard InChI is InChI=1S/C37H35F3N2O5/c1-4-8-33(43)26-16-20-28(21-17-26)47-34(44)12-7-9-24-13-22-32(31(23-24)36(46)42(2)3)41-35(45)30-11-6-5-10-29(30)25-14-18-27(19-15-25)37(38,39)40/h5-6,10-11,13-23H,4,7-9,12H2,1-3H3,(H,41,45). The van der Waals surface area contributed by atoms with E-state index in [1.54, 1.807) is 80.8 Å². The minimum absolute atomic E-state index is 0.0334. The number of ether oxygens (including phenoxy) is 1. The Bertz CT molecular complexity index is 1750. The maximum Gasteiger partial charge on any atom is 0.416 e. The van der Waals surface area contributed by atoms with E-state index in [0.29, 0.717) is 41.7 Å². The summed E-state index contributed by atoms with van der Waals surface area (Å²) < 4.78 is 44.6.